The van der Waals surface area contributed by atoms with E-state index in [0.717, 1.165) is 0 Å². The maximum Gasteiger partial charge on any atom is 0.262 e. The number of nitrogens with zero attached hydrogens (tertiary/aromatic N) is 1. The molecule has 9 heteroatoms. The first-order chi connectivity index (χ1) is 13.5. The quantitative estimate of drug-likeness (QED) is 0.745. The van der Waals surface area contributed by atoms with Gasteiger partial charge in [-0.25, -0.2) is 5.01 Å². The molecule has 0 saturated carbocycles. The third-order valence-electron chi connectivity index (χ3n) is 4.31. The lowest BCUT2D eigenvalue weighted by Crippen LogP contribution is -2.50. The molecule has 28 heavy (non-hydrogen) atoms. The zero-order valence-corrected chi connectivity index (χ0v) is 14.7. The molecule has 0 aliphatic carbocycles. The van der Waals surface area contributed by atoms with Gasteiger partial charge in [0.2, 0.25) is 11.8 Å². The van der Waals surface area contributed by atoms with E-state index in [1.807, 2.05) is 0 Å². The van der Waals surface area contributed by atoms with Crippen LogP contribution in [-0.2, 0) is 14.4 Å². The Morgan fingerprint density at radius 3 is 2.57 bits per heavy atom. The lowest BCUT2D eigenvalue weighted by Gasteiger charge is -2.27. The van der Waals surface area contributed by atoms with Crippen LogP contribution in [0.5, 0.6) is 5.75 Å². The topological polar surface area (TPSA) is 117 Å². The molecule has 0 atom stereocenters. The van der Waals surface area contributed by atoms with Crippen LogP contribution < -0.4 is 25.8 Å². The molecule has 0 unspecified atom stereocenters. The largest absolute Gasteiger partial charge is 0.482 e. The monoisotopic (exact) mass is 380 g/mol. The first-order valence-corrected chi connectivity index (χ1v) is 8.60. The molecule has 3 N–H and O–H groups in total. The van der Waals surface area contributed by atoms with Crippen molar-refractivity contribution in [2.45, 2.75) is 12.8 Å². The normalized spacial score (nSPS) is 15.9. The second kappa shape index (κ2) is 7.03. The standard InChI is InChI=1S/C19H16N4O5/c24-16-7-8-18(26)23(22-16)13-4-1-11(2-5-13)19(27)20-12-3-6-15-14(9-12)21-17(25)10-28-15/h1-6,9H,7-8,10H2,(H,20,27)(H,21,25)(H,22,24). The van der Waals surface area contributed by atoms with Crippen molar-refractivity contribution in [1.29, 1.82) is 0 Å². The number of carbonyl (C=O) groups excluding carboxylic acids is 4. The fourth-order valence-electron chi connectivity index (χ4n) is 2.91. The van der Waals surface area contributed by atoms with E-state index in [1.54, 1.807) is 42.5 Å². The van der Waals surface area contributed by atoms with Crippen molar-refractivity contribution in [1.82, 2.24) is 5.43 Å². The molecule has 2 aromatic rings. The van der Waals surface area contributed by atoms with Crippen molar-refractivity contribution in [2.24, 2.45) is 0 Å². The maximum atomic E-state index is 12.5. The number of nitrogens with one attached hydrogen (secondary N) is 3. The number of hydrogen-bond acceptors (Lipinski definition) is 5. The molecular formula is C19H16N4O5. The molecule has 2 aromatic carbocycles. The fourth-order valence-corrected chi connectivity index (χ4v) is 2.91. The Morgan fingerprint density at radius 2 is 1.79 bits per heavy atom. The molecule has 0 aromatic heterocycles. The Bertz CT molecular complexity index is 986. The second-order valence-electron chi connectivity index (χ2n) is 6.31. The summed E-state index contributed by atoms with van der Waals surface area (Å²) in [6, 6.07) is 11.2. The van der Waals surface area contributed by atoms with Gasteiger partial charge in [-0.15, -0.1) is 0 Å². The first-order valence-electron chi connectivity index (χ1n) is 8.60. The summed E-state index contributed by atoms with van der Waals surface area (Å²) < 4.78 is 5.28. The van der Waals surface area contributed by atoms with Crippen LogP contribution in [0, 0.1) is 0 Å². The van der Waals surface area contributed by atoms with Gasteiger partial charge in [0, 0.05) is 24.1 Å². The number of carbonyl (C=O) groups is 4. The first kappa shape index (κ1) is 17.5. The van der Waals surface area contributed by atoms with Crippen molar-refractivity contribution in [3.8, 4) is 5.75 Å². The minimum Gasteiger partial charge on any atom is -0.482 e. The summed E-state index contributed by atoms with van der Waals surface area (Å²) in [5.41, 5.74) is 4.34. The number of amides is 4. The predicted octanol–water partition coefficient (Wildman–Crippen LogP) is 1.43. The molecule has 0 bridgehead atoms. The van der Waals surface area contributed by atoms with Crippen molar-refractivity contribution in [3.63, 3.8) is 0 Å². The highest BCUT2D eigenvalue weighted by Gasteiger charge is 2.24. The fraction of sp³-hybridized carbons (Fsp3) is 0.158. The Balaban J connectivity index is 1.47. The van der Waals surface area contributed by atoms with Crippen LogP contribution in [-0.4, -0.2) is 30.2 Å². The molecule has 1 fully saturated rings. The minimum absolute atomic E-state index is 0.0367. The third-order valence-corrected chi connectivity index (χ3v) is 4.31. The van der Waals surface area contributed by atoms with E-state index < -0.39 is 0 Å². The van der Waals surface area contributed by atoms with Crippen LogP contribution >= 0.6 is 0 Å². The summed E-state index contributed by atoms with van der Waals surface area (Å²) in [6.45, 7) is -0.0367. The number of rotatable bonds is 3. The van der Waals surface area contributed by atoms with Gasteiger partial charge in [0.05, 0.1) is 11.4 Å². The minimum atomic E-state index is -0.358. The summed E-state index contributed by atoms with van der Waals surface area (Å²) in [7, 11) is 0. The average Bonchev–Trinajstić information content (AvgIpc) is 2.69. The number of fused-ring (bicyclic) bond motifs is 1. The van der Waals surface area contributed by atoms with Gasteiger partial charge in [-0.3, -0.25) is 24.6 Å². The molecular weight excluding hydrogens is 364 g/mol. The Morgan fingerprint density at radius 1 is 1.00 bits per heavy atom. The molecule has 2 heterocycles. The third kappa shape index (κ3) is 3.50. The number of benzene rings is 2. The van der Waals surface area contributed by atoms with Gasteiger partial charge < -0.3 is 15.4 Å². The van der Waals surface area contributed by atoms with Gasteiger partial charge in [0.1, 0.15) is 5.75 Å². The highest BCUT2D eigenvalue weighted by atomic mass is 16.5. The predicted molar refractivity (Wildman–Crippen MR) is 99.8 cm³/mol. The molecule has 0 spiro atoms. The van der Waals surface area contributed by atoms with E-state index in [1.165, 1.54) is 5.01 Å². The maximum absolute atomic E-state index is 12.5. The van der Waals surface area contributed by atoms with Gasteiger partial charge in [0.15, 0.2) is 6.61 Å². The Labute approximate surface area is 159 Å². The highest BCUT2D eigenvalue weighted by Crippen LogP contribution is 2.30. The number of anilines is 3. The molecule has 0 radical (unpaired) electrons. The van der Waals surface area contributed by atoms with Crippen molar-refractivity contribution in [3.05, 3.63) is 48.0 Å². The number of hydrogen-bond donors (Lipinski definition) is 3. The van der Waals surface area contributed by atoms with Crippen LogP contribution in [0.15, 0.2) is 42.5 Å². The molecule has 1 saturated heterocycles. The summed E-state index contributed by atoms with van der Waals surface area (Å²) in [4.78, 5) is 47.3. The van der Waals surface area contributed by atoms with E-state index >= 15 is 0 Å². The van der Waals surface area contributed by atoms with Gasteiger partial charge in [-0.1, -0.05) is 0 Å². The average molecular weight is 380 g/mol. The summed E-state index contributed by atoms with van der Waals surface area (Å²) in [5.74, 6) is -0.523. The highest BCUT2D eigenvalue weighted by molar-refractivity contribution is 6.06. The summed E-state index contributed by atoms with van der Waals surface area (Å²) >= 11 is 0. The molecule has 2 aliphatic rings. The van der Waals surface area contributed by atoms with Crippen LogP contribution in [0.3, 0.4) is 0 Å². The van der Waals surface area contributed by atoms with Gasteiger partial charge >= 0.3 is 0 Å². The zero-order chi connectivity index (χ0) is 19.7. The van der Waals surface area contributed by atoms with Crippen molar-refractivity contribution >= 4 is 40.7 Å². The molecule has 4 rings (SSSR count). The molecule has 2 aliphatic heterocycles. The van der Waals surface area contributed by atoms with E-state index in [-0.39, 0.29) is 43.1 Å². The van der Waals surface area contributed by atoms with Crippen LogP contribution in [0.4, 0.5) is 17.1 Å². The van der Waals surface area contributed by atoms with Crippen LogP contribution in [0.2, 0.25) is 0 Å². The molecule has 4 amide bonds. The van der Waals surface area contributed by atoms with E-state index in [9.17, 15) is 19.2 Å². The smallest absolute Gasteiger partial charge is 0.262 e. The summed E-state index contributed by atoms with van der Waals surface area (Å²) in [6.07, 6.45) is 0.314. The van der Waals surface area contributed by atoms with Crippen LogP contribution in [0.25, 0.3) is 0 Å². The van der Waals surface area contributed by atoms with Crippen LogP contribution in [0.1, 0.15) is 23.2 Å². The van der Waals surface area contributed by atoms with E-state index in [0.29, 0.717) is 28.4 Å². The second-order valence-corrected chi connectivity index (χ2v) is 6.31. The van der Waals surface area contributed by atoms with Crippen molar-refractivity contribution in [2.75, 3.05) is 22.2 Å². The molecule has 142 valence electrons. The SMILES string of the molecule is O=C1COc2ccc(NC(=O)c3ccc(N4NC(=O)CCC4=O)cc3)cc2N1. The Hall–Kier alpha value is -3.88. The van der Waals surface area contributed by atoms with Gasteiger partial charge in [0.25, 0.3) is 11.8 Å². The lowest BCUT2D eigenvalue weighted by atomic mass is 10.1. The molecule has 9 nitrogen and oxygen atoms in total. The van der Waals surface area contributed by atoms with Gasteiger partial charge in [-0.05, 0) is 42.5 Å². The number of ether oxygens (including phenoxy) is 1. The van der Waals surface area contributed by atoms with E-state index in [2.05, 4.69) is 16.1 Å². The Kier molecular flexibility index (Phi) is 4.40. The van der Waals surface area contributed by atoms with E-state index in [4.69, 9.17) is 4.74 Å². The van der Waals surface area contributed by atoms with Gasteiger partial charge in [-0.2, -0.15) is 0 Å². The summed E-state index contributed by atoms with van der Waals surface area (Å²) in [5, 5.41) is 6.60. The number of hydrazine groups is 1. The van der Waals surface area contributed by atoms with Crippen molar-refractivity contribution < 1.29 is 23.9 Å². The lowest BCUT2D eigenvalue weighted by molar-refractivity contribution is -0.130. The zero-order valence-electron chi connectivity index (χ0n) is 14.7.